The summed E-state index contributed by atoms with van der Waals surface area (Å²) in [5, 5.41) is 0. The number of halogens is 1. The number of hydrogen-bond donors (Lipinski definition) is 0. The highest BCUT2D eigenvalue weighted by molar-refractivity contribution is 6.07. The van der Waals surface area contributed by atoms with Crippen LogP contribution in [0.1, 0.15) is 31.2 Å². The average molecular weight is 362 g/mol. The normalized spacial score (nSPS) is 22.3. The Kier molecular flexibility index (Phi) is 5.25. The molecular weight excluding hydrogens is 339 g/mol. The van der Waals surface area contributed by atoms with E-state index in [1.807, 2.05) is 0 Å². The van der Waals surface area contributed by atoms with Gasteiger partial charge in [0.05, 0.1) is 18.9 Å². The molecule has 1 aliphatic heterocycles. The maximum atomic E-state index is 13.8. The number of methoxy groups -OCH3 is 1. The van der Waals surface area contributed by atoms with Gasteiger partial charge < -0.3 is 9.64 Å². The lowest BCUT2D eigenvalue weighted by Crippen LogP contribution is -2.41. The minimum absolute atomic E-state index is 0.138. The summed E-state index contributed by atoms with van der Waals surface area (Å²) in [6.07, 6.45) is 3.34. The van der Waals surface area contributed by atoms with Gasteiger partial charge in [0.25, 0.3) is 0 Å². The summed E-state index contributed by atoms with van der Waals surface area (Å²) >= 11 is 0. The van der Waals surface area contributed by atoms with Crippen molar-refractivity contribution in [1.29, 1.82) is 0 Å². The predicted octanol–water partition coefficient (Wildman–Crippen LogP) is 1.97. The van der Waals surface area contributed by atoms with Gasteiger partial charge in [-0.25, -0.2) is 4.39 Å². The topological polar surface area (TPSA) is 66.9 Å². The summed E-state index contributed by atoms with van der Waals surface area (Å²) in [5.41, 5.74) is 0.604. The summed E-state index contributed by atoms with van der Waals surface area (Å²) in [5.74, 6) is -1.68. The van der Waals surface area contributed by atoms with E-state index >= 15 is 0 Å². The Hall–Kier alpha value is -2.44. The van der Waals surface area contributed by atoms with Crippen LogP contribution < -0.4 is 4.74 Å². The molecule has 2 atom stereocenters. The van der Waals surface area contributed by atoms with Gasteiger partial charge in [-0.05, 0) is 30.5 Å². The molecule has 0 spiro atoms. The fourth-order valence-electron chi connectivity index (χ4n) is 3.81. The van der Waals surface area contributed by atoms with Gasteiger partial charge >= 0.3 is 0 Å². The first-order chi connectivity index (χ1) is 12.4. The van der Waals surface area contributed by atoms with Crippen LogP contribution in [0.25, 0.3) is 0 Å². The maximum absolute atomic E-state index is 13.8. The van der Waals surface area contributed by atoms with E-state index in [1.165, 1.54) is 24.1 Å². The predicted molar refractivity (Wildman–Crippen MR) is 91.6 cm³/mol. The third kappa shape index (κ3) is 3.43. The second kappa shape index (κ2) is 7.43. The lowest BCUT2D eigenvalue weighted by molar-refractivity contribution is -0.146. The van der Waals surface area contributed by atoms with Crippen LogP contribution in [-0.2, 0) is 20.9 Å². The molecule has 0 N–H and O–H groups in total. The molecule has 1 heterocycles. The Morgan fingerprint density at radius 3 is 2.38 bits per heavy atom. The number of carbonyl (C=O) groups is 3. The van der Waals surface area contributed by atoms with Crippen LogP contribution in [0.4, 0.5) is 4.39 Å². The number of fused-ring (bicyclic) bond motifs is 1. The first-order valence-electron chi connectivity index (χ1n) is 8.84. The smallest absolute Gasteiger partial charge is 0.242 e. The molecule has 6 nitrogen and oxygen atoms in total. The first-order valence-corrected chi connectivity index (χ1v) is 8.84. The van der Waals surface area contributed by atoms with Crippen LogP contribution in [0.5, 0.6) is 5.75 Å². The monoisotopic (exact) mass is 362 g/mol. The van der Waals surface area contributed by atoms with Crippen molar-refractivity contribution in [2.24, 2.45) is 11.8 Å². The van der Waals surface area contributed by atoms with Crippen molar-refractivity contribution in [1.82, 2.24) is 9.80 Å². The molecule has 140 valence electrons. The molecule has 1 saturated carbocycles. The lowest BCUT2D eigenvalue weighted by Gasteiger charge is -2.21. The number of carbonyl (C=O) groups excluding carboxylic acids is 3. The van der Waals surface area contributed by atoms with E-state index in [0.29, 0.717) is 5.56 Å². The Labute approximate surface area is 151 Å². The molecule has 1 aliphatic carbocycles. The summed E-state index contributed by atoms with van der Waals surface area (Å²) in [4.78, 5) is 39.9. The Morgan fingerprint density at radius 2 is 1.85 bits per heavy atom. The maximum Gasteiger partial charge on any atom is 0.242 e. The van der Waals surface area contributed by atoms with Gasteiger partial charge in [0, 0.05) is 13.6 Å². The molecule has 0 unspecified atom stereocenters. The van der Waals surface area contributed by atoms with Crippen LogP contribution in [0.15, 0.2) is 18.2 Å². The third-order valence-corrected chi connectivity index (χ3v) is 5.29. The van der Waals surface area contributed by atoms with Crippen molar-refractivity contribution in [2.45, 2.75) is 32.2 Å². The lowest BCUT2D eigenvalue weighted by atomic mass is 9.81. The molecule has 3 rings (SSSR count). The zero-order valence-electron chi connectivity index (χ0n) is 15.0. The van der Waals surface area contributed by atoms with E-state index in [1.54, 1.807) is 13.1 Å². The van der Waals surface area contributed by atoms with Crippen molar-refractivity contribution >= 4 is 17.7 Å². The van der Waals surface area contributed by atoms with Gasteiger partial charge in [0.15, 0.2) is 11.6 Å². The minimum Gasteiger partial charge on any atom is -0.494 e. The molecule has 0 radical (unpaired) electrons. The largest absolute Gasteiger partial charge is 0.494 e. The summed E-state index contributed by atoms with van der Waals surface area (Å²) in [6, 6.07) is 4.48. The Bertz CT molecular complexity index is 712. The molecule has 7 heteroatoms. The van der Waals surface area contributed by atoms with E-state index in [2.05, 4.69) is 0 Å². The van der Waals surface area contributed by atoms with E-state index in [4.69, 9.17) is 4.74 Å². The van der Waals surface area contributed by atoms with E-state index in [0.717, 1.165) is 30.6 Å². The SMILES string of the molecule is COc1ccc(CN(C)C(=O)CN2C(=O)[C@@H]3CCCC[C@H]3C2=O)cc1F. The summed E-state index contributed by atoms with van der Waals surface area (Å²) in [7, 11) is 2.96. The Balaban J connectivity index is 1.63. The highest BCUT2D eigenvalue weighted by Crippen LogP contribution is 2.37. The minimum atomic E-state index is -0.500. The molecule has 2 aliphatic rings. The van der Waals surface area contributed by atoms with Crippen LogP contribution in [0.2, 0.25) is 0 Å². The highest BCUT2D eigenvalue weighted by atomic mass is 19.1. The van der Waals surface area contributed by atoms with Crippen LogP contribution in [0, 0.1) is 17.7 Å². The number of benzene rings is 1. The molecule has 1 saturated heterocycles. The van der Waals surface area contributed by atoms with Gasteiger partial charge in [0.2, 0.25) is 17.7 Å². The molecule has 0 bridgehead atoms. The van der Waals surface area contributed by atoms with Crippen molar-refractivity contribution in [3.63, 3.8) is 0 Å². The van der Waals surface area contributed by atoms with Gasteiger partial charge in [-0.3, -0.25) is 19.3 Å². The number of imide groups is 1. The van der Waals surface area contributed by atoms with Gasteiger partial charge in [-0.1, -0.05) is 18.9 Å². The molecule has 0 aromatic heterocycles. The number of hydrogen-bond acceptors (Lipinski definition) is 4. The van der Waals surface area contributed by atoms with Crippen molar-refractivity contribution in [3.05, 3.63) is 29.6 Å². The average Bonchev–Trinajstić information content (AvgIpc) is 2.87. The number of rotatable bonds is 5. The highest BCUT2D eigenvalue weighted by Gasteiger charge is 2.48. The van der Waals surface area contributed by atoms with E-state index < -0.39 is 5.82 Å². The molecule has 2 fully saturated rings. The molecule has 1 aromatic carbocycles. The van der Waals surface area contributed by atoms with Gasteiger partial charge in [-0.2, -0.15) is 0 Å². The molecule has 26 heavy (non-hydrogen) atoms. The zero-order valence-corrected chi connectivity index (χ0v) is 15.0. The van der Waals surface area contributed by atoms with E-state index in [9.17, 15) is 18.8 Å². The second-order valence-corrected chi connectivity index (χ2v) is 6.98. The zero-order chi connectivity index (χ0) is 18.8. The number of likely N-dealkylation sites (N-methyl/N-ethyl adjacent to an activating group) is 1. The summed E-state index contributed by atoms with van der Waals surface area (Å²) < 4.78 is 18.6. The van der Waals surface area contributed by atoms with Crippen LogP contribution in [0.3, 0.4) is 0 Å². The first kappa shape index (κ1) is 18.4. The standard InChI is InChI=1S/C19H23FN2O4/c1-21(10-12-7-8-16(26-2)15(20)9-12)17(23)11-22-18(24)13-5-3-4-6-14(13)19(22)25/h7-9,13-14H,3-6,10-11H2,1-2H3/t13-,14-/m1/s1. The molecule has 1 aromatic rings. The number of ether oxygens (including phenoxy) is 1. The Morgan fingerprint density at radius 1 is 1.23 bits per heavy atom. The van der Waals surface area contributed by atoms with E-state index in [-0.39, 0.29) is 48.4 Å². The number of likely N-dealkylation sites (tertiary alicyclic amines) is 1. The van der Waals surface area contributed by atoms with Crippen molar-refractivity contribution in [3.8, 4) is 5.75 Å². The fourth-order valence-corrected chi connectivity index (χ4v) is 3.81. The molecule has 3 amide bonds. The fraction of sp³-hybridized carbons (Fsp3) is 0.526. The molecular formula is C19H23FN2O4. The van der Waals surface area contributed by atoms with Gasteiger partial charge in [-0.15, -0.1) is 0 Å². The van der Waals surface area contributed by atoms with Crippen LogP contribution in [-0.4, -0.2) is 48.2 Å². The summed E-state index contributed by atoms with van der Waals surface area (Å²) in [6.45, 7) is -0.0668. The third-order valence-electron chi connectivity index (χ3n) is 5.29. The second-order valence-electron chi connectivity index (χ2n) is 6.98. The van der Waals surface area contributed by atoms with Crippen LogP contribution >= 0.6 is 0 Å². The quantitative estimate of drug-likeness (QED) is 0.751. The van der Waals surface area contributed by atoms with Crippen molar-refractivity contribution in [2.75, 3.05) is 20.7 Å². The van der Waals surface area contributed by atoms with Gasteiger partial charge in [0.1, 0.15) is 6.54 Å². The number of amides is 3. The van der Waals surface area contributed by atoms with Crippen molar-refractivity contribution < 1.29 is 23.5 Å². The number of nitrogens with zero attached hydrogens (tertiary/aromatic N) is 2.